The van der Waals surface area contributed by atoms with E-state index >= 15 is 0 Å². The van der Waals surface area contributed by atoms with Crippen molar-refractivity contribution in [1.29, 1.82) is 0 Å². The molecule has 0 saturated carbocycles. The number of benzene rings is 1. The van der Waals surface area contributed by atoms with Gasteiger partial charge in [-0.1, -0.05) is 18.2 Å². The minimum Gasteiger partial charge on any atom is -0.379 e. The minimum absolute atomic E-state index is 0.119. The van der Waals surface area contributed by atoms with E-state index in [0.717, 1.165) is 5.52 Å². The molecule has 9 heteroatoms. The van der Waals surface area contributed by atoms with E-state index in [1.807, 2.05) is 12.1 Å². The summed E-state index contributed by atoms with van der Waals surface area (Å²) in [5.74, 6) is -1.74. The number of nitrogens with one attached hydrogen (secondary N) is 2. The molecule has 2 N–H and O–H groups in total. The van der Waals surface area contributed by atoms with Crippen LogP contribution < -0.4 is 5.32 Å². The lowest BCUT2D eigenvalue weighted by Crippen LogP contribution is -2.44. The highest BCUT2D eigenvalue weighted by atomic mass is 32.2. The highest BCUT2D eigenvalue weighted by Gasteiger charge is 2.26. The van der Waals surface area contributed by atoms with Gasteiger partial charge in [0.05, 0.1) is 24.5 Å². The third kappa shape index (κ3) is 3.79. The predicted molar refractivity (Wildman–Crippen MR) is 96.6 cm³/mol. The van der Waals surface area contributed by atoms with E-state index in [0.29, 0.717) is 42.9 Å². The van der Waals surface area contributed by atoms with Gasteiger partial charge in [0.15, 0.2) is 0 Å². The topological polar surface area (TPSA) is 109 Å². The molecule has 1 aliphatic rings. The third-order valence-electron chi connectivity index (χ3n) is 4.34. The standard InChI is InChI=1S/C17H21N3O5S/c1-12-15(13-4-2-3-5-14(13)19-12)16(21)17(22)18-6-11-26(23,24)20-7-9-25-10-8-20/h2-5,19H,6-11H2,1H3,(H,18,22). The monoisotopic (exact) mass is 379 g/mol. The van der Waals surface area contributed by atoms with Crippen LogP contribution in [0.3, 0.4) is 0 Å². The second kappa shape index (κ2) is 7.56. The average molecular weight is 379 g/mol. The van der Waals surface area contributed by atoms with Gasteiger partial charge in [-0.15, -0.1) is 0 Å². The van der Waals surface area contributed by atoms with Crippen LogP contribution in [0.2, 0.25) is 0 Å². The fourth-order valence-corrected chi connectivity index (χ4v) is 4.33. The second-order valence-electron chi connectivity index (χ2n) is 6.08. The molecule has 140 valence electrons. The maximum atomic E-state index is 12.5. The van der Waals surface area contributed by atoms with Crippen molar-refractivity contribution >= 4 is 32.6 Å². The van der Waals surface area contributed by atoms with E-state index in [1.165, 1.54) is 4.31 Å². The zero-order chi connectivity index (χ0) is 18.7. The van der Waals surface area contributed by atoms with Crippen LogP contribution in [0.1, 0.15) is 16.1 Å². The van der Waals surface area contributed by atoms with Crippen LogP contribution in [0.5, 0.6) is 0 Å². The Labute approximate surface area is 151 Å². The van der Waals surface area contributed by atoms with Gasteiger partial charge in [-0.05, 0) is 13.0 Å². The molecule has 0 unspecified atom stereocenters. The van der Waals surface area contributed by atoms with E-state index in [-0.39, 0.29) is 12.3 Å². The molecule has 0 spiro atoms. The van der Waals surface area contributed by atoms with Gasteiger partial charge in [-0.25, -0.2) is 8.42 Å². The summed E-state index contributed by atoms with van der Waals surface area (Å²) in [5.41, 5.74) is 1.69. The number of H-pyrrole nitrogens is 1. The maximum Gasteiger partial charge on any atom is 0.292 e. The number of nitrogens with zero attached hydrogens (tertiary/aromatic N) is 1. The summed E-state index contributed by atoms with van der Waals surface area (Å²) in [5, 5.41) is 3.09. The first-order chi connectivity index (χ1) is 12.4. The Bertz CT molecular complexity index is 929. The summed E-state index contributed by atoms with van der Waals surface area (Å²) >= 11 is 0. The average Bonchev–Trinajstić information content (AvgIpc) is 2.97. The summed E-state index contributed by atoms with van der Waals surface area (Å²) in [6.45, 7) is 2.95. The predicted octanol–water partition coefficient (Wildman–Crippen LogP) is 0.437. The van der Waals surface area contributed by atoms with Crippen molar-refractivity contribution in [3.8, 4) is 0 Å². The van der Waals surface area contributed by atoms with Crippen LogP contribution in [0.4, 0.5) is 0 Å². The number of rotatable bonds is 6. The SMILES string of the molecule is Cc1[nH]c2ccccc2c1C(=O)C(=O)NCCS(=O)(=O)N1CCOCC1. The van der Waals surface area contributed by atoms with E-state index in [1.54, 1.807) is 19.1 Å². The number of aromatic nitrogens is 1. The molecule has 0 radical (unpaired) electrons. The number of ketones is 1. The molecule has 1 amide bonds. The summed E-state index contributed by atoms with van der Waals surface area (Å²) < 4.78 is 30.9. The number of hydrogen-bond donors (Lipinski definition) is 2. The molecule has 1 aromatic carbocycles. The van der Waals surface area contributed by atoms with Crippen LogP contribution in [0.15, 0.2) is 24.3 Å². The van der Waals surface area contributed by atoms with Gasteiger partial charge < -0.3 is 15.0 Å². The number of fused-ring (bicyclic) bond motifs is 1. The molecule has 2 aromatic rings. The maximum absolute atomic E-state index is 12.5. The fraction of sp³-hybridized carbons (Fsp3) is 0.412. The molecule has 1 aromatic heterocycles. The number of para-hydroxylation sites is 1. The molecule has 0 aliphatic carbocycles. The molecule has 8 nitrogen and oxygen atoms in total. The van der Waals surface area contributed by atoms with Gasteiger partial charge in [0, 0.05) is 36.2 Å². The van der Waals surface area contributed by atoms with Gasteiger partial charge >= 0.3 is 0 Å². The molecule has 0 atom stereocenters. The van der Waals surface area contributed by atoms with E-state index < -0.39 is 21.7 Å². The van der Waals surface area contributed by atoms with Crippen LogP contribution >= 0.6 is 0 Å². The van der Waals surface area contributed by atoms with Crippen molar-refractivity contribution in [3.63, 3.8) is 0 Å². The highest BCUT2D eigenvalue weighted by Crippen LogP contribution is 2.22. The van der Waals surface area contributed by atoms with E-state index in [2.05, 4.69) is 10.3 Å². The van der Waals surface area contributed by atoms with Crippen molar-refractivity contribution in [2.24, 2.45) is 0 Å². The molecule has 26 heavy (non-hydrogen) atoms. The Hall–Kier alpha value is -2.23. The smallest absolute Gasteiger partial charge is 0.292 e. The highest BCUT2D eigenvalue weighted by molar-refractivity contribution is 7.89. The molecule has 3 rings (SSSR count). The number of hydrogen-bond acceptors (Lipinski definition) is 5. The summed E-state index contributed by atoms with van der Waals surface area (Å²) in [6, 6.07) is 7.22. The Balaban J connectivity index is 1.63. The van der Waals surface area contributed by atoms with Crippen molar-refractivity contribution in [2.75, 3.05) is 38.6 Å². The first-order valence-electron chi connectivity index (χ1n) is 8.35. The van der Waals surface area contributed by atoms with Gasteiger partial charge in [0.1, 0.15) is 0 Å². The molecule has 1 saturated heterocycles. The normalized spacial score (nSPS) is 15.9. The first-order valence-corrected chi connectivity index (χ1v) is 9.96. The van der Waals surface area contributed by atoms with Crippen LogP contribution in [0, 0.1) is 6.92 Å². The Morgan fingerprint density at radius 3 is 2.65 bits per heavy atom. The molecule has 0 bridgehead atoms. The van der Waals surface area contributed by atoms with Gasteiger partial charge in [0.25, 0.3) is 11.7 Å². The lowest BCUT2D eigenvalue weighted by atomic mass is 10.1. The lowest BCUT2D eigenvalue weighted by molar-refractivity contribution is -0.116. The summed E-state index contributed by atoms with van der Waals surface area (Å²) in [6.07, 6.45) is 0. The fourth-order valence-electron chi connectivity index (χ4n) is 3.01. The second-order valence-corrected chi connectivity index (χ2v) is 8.17. The molecule has 1 fully saturated rings. The zero-order valence-electron chi connectivity index (χ0n) is 14.4. The number of amides is 1. The number of carbonyl (C=O) groups is 2. The summed E-state index contributed by atoms with van der Waals surface area (Å²) in [4.78, 5) is 27.8. The van der Waals surface area contributed by atoms with Crippen molar-refractivity contribution in [1.82, 2.24) is 14.6 Å². The Morgan fingerprint density at radius 2 is 1.92 bits per heavy atom. The first kappa shape index (κ1) is 18.6. The molecule has 1 aliphatic heterocycles. The van der Waals surface area contributed by atoms with Gasteiger partial charge in [-0.3, -0.25) is 9.59 Å². The lowest BCUT2D eigenvalue weighted by Gasteiger charge is -2.25. The number of aryl methyl sites for hydroxylation is 1. The van der Waals surface area contributed by atoms with Crippen LogP contribution in [-0.2, 0) is 19.6 Å². The van der Waals surface area contributed by atoms with Crippen molar-refractivity contribution in [3.05, 3.63) is 35.5 Å². The number of carbonyl (C=O) groups excluding carboxylic acids is 2. The molecule has 2 heterocycles. The third-order valence-corrected chi connectivity index (χ3v) is 6.21. The molecular weight excluding hydrogens is 358 g/mol. The van der Waals surface area contributed by atoms with E-state index in [4.69, 9.17) is 4.74 Å². The quantitative estimate of drug-likeness (QED) is 0.559. The van der Waals surface area contributed by atoms with Gasteiger partial charge in [-0.2, -0.15) is 4.31 Å². The number of Topliss-reactive ketones (excluding diaryl/α,β-unsaturated/α-hetero) is 1. The molecular formula is C17H21N3O5S. The van der Waals surface area contributed by atoms with Crippen molar-refractivity contribution in [2.45, 2.75) is 6.92 Å². The zero-order valence-corrected chi connectivity index (χ0v) is 15.3. The number of aromatic amines is 1. The summed E-state index contributed by atoms with van der Waals surface area (Å²) in [7, 11) is -3.48. The Kier molecular flexibility index (Phi) is 5.40. The minimum atomic E-state index is -3.48. The van der Waals surface area contributed by atoms with Crippen molar-refractivity contribution < 1.29 is 22.7 Å². The van der Waals surface area contributed by atoms with Crippen LogP contribution in [0.25, 0.3) is 10.9 Å². The number of sulfonamides is 1. The van der Waals surface area contributed by atoms with Crippen LogP contribution in [-0.4, -0.2) is 68.0 Å². The number of morpholine rings is 1. The Morgan fingerprint density at radius 1 is 1.23 bits per heavy atom. The van der Waals surface area contributed by atoms with E-state index in [9.17, 15) is 18.0 Å². The largest absolute Gasteiger partial charge is 0.379 e. The van der Waals surface area contributed by atoms with Gasteiger partial charge in [0.2, 0.25) is 10.0 Å². The number of ether oxygens (including phenoxy) is 1.